The molecule has 1 aromatic carbocycles. The van der Waals surface area contributed by atoms with E-state index in [1.54, 1.807) is 13.8 Å². The predicted octanol–water partition coefficient (Wildman–Crippen LogP) is 1.96. The summed E-state index contributed by atoms with van der Waals surface area (Å²) in [6, 6.07) is 5.91. The lowest BCUT2D eigenvalue weighted by Crippen LogP contribution is -2.47. The third-order valence-corrected chi connectivity index (χ3v) is 5.22. The Balaban J connectivity index is 2.93. The minimum Gasteiger partial charge on any atom is -0.350 e. The molecule has 0 fully saturated rings. The van der Waals surface area contributed by atoms with E-state index in [-0.39, 0.29) is 29.8 Å². The summed E-state index contributed by atoms with van der Waals surface area (Å²) >= 11 is 0. The first-order valence-electron chi connectivity index (χ1n) is 8.20. The van der Waals surface area contributed by atoms with Crippen LogP contribution in [0.4, 0.5) is 5.69 Å². The molecular formula is C17H27N3O4S. The highest BCUT2D eigenvalue weighted by Gasteiger charge is 2.26. The second kappa shape index (κ2) is 8.44. The van der Waals surface area contributed by atoms with Crippen molar-refractivity contribution < 1.29 is 18.0 Å². The SMILES string of the molecule is CCC(=O)Nc1ccc(S(=O)(=O)N(CC)CC(=O)NC(C)(C)C)cc1. The molecular weight excluding hydrogens is 342 g/mol. The first kappa shape index (κ1) is 21.1. The molecule has 2 amide bonds. The molecule has 0 bridgehead atoms. The van der Waals surface area contributed by atoms with Gasteiger partial charge in [-0.05, 0) is 45.0 Å². The number of sulfonamides is 1. The van der Waals surface area contributed by atoms with Crippen LogP contribution in [-0.4, -0.2) is 43.2 Å². The van der Waals surface area contributed by atoms with Crippen molar-refractivity contribution in [3.05, 3.63) is 24.3 Å². The monoisotopic (exact) mass is 369 g/mol. The molecule has 0 radical (unpaired) electrons. The van der Waals surface area contributed by atoms with E-state index in [2.05, 4.69) is 10.6 Å². The summed E-state index contributed by atoms with van der Waals surface area (Å²) in [6.45, 7) is 8.84. The fraction of sp³-hybridized carbons (Fsp3) is 0.529. The second-order valence-electron chi connectivity index (χ2n) is 6.66. The molecule has 0 atom stereocenters. The Morgan fingerprint density at radius 3 is 2.04 bits per heavy atom. The highest BCUT2D eigenvalue weighted by Crippen LogP contribution is 2.18. The molecule has 0 unspecified atom stereocenters. The summed E-state index contributed by atoms with van der Waals surface area (Å²) in [5.41, 5.74) is 0.0960. The maximum absolute atomic E-state index is 12.7. The van der Waals surface area contributed by atoms with E-state index in [1.807, 2.05) is 20.8 Å². The Morgan fingerprint density at radius 2 is 1.60 bits per heavy atom. The number of hydrogen-bond donors (Lipinski definition) is 2. The molecule has 2 N–H and O–H groups in total. The van der Waals surface area contributed by atoms with Crippen molar-refractivity contribution in [2.24, 2.45) is 0 Å². The third-order valence-electron chi connectivity index (χ3n) is 3.28. The van der Waals surface area contributed by atoms with E-state index in [1.165, 1.54) is 24.3 Å². The summed E-state index contributed by atoms with van der Waals surface area (Å²) in [5.74, 6) is -0.505. The summed E-state index contributed by atoms with van der Waals surface area (Å²) in [7, 11) is -3.79. The van der Waals surface area contributed by atoms with Crippen molar-refractivity contribution in [1.82, 2.24) is 9.62 Å². The number of nitrogens with one attached hydrogen (secondary N) is 2. The molecule has 0 spiro atoms. The number of amides is 2. The van der Waals surface area contributed by atoms with Gasteiger partial charge in [-0.2, -0.15) is 4.31 Å². The van der Waals surface area contributed by atoms with Gasteiger partial charge in [-0.3, -0.25) is 9.59 Å². The Morgan fingerprint density at radius 1 is 1.04 bits per heavy atom. The summed E-state index contributed by atoms with van der Waals surface area (Å²) in [4.78, 5) is 23.5. The number of rotatable bonds is 7. The minimum absolute atomic E-state index is 0.0763. The Kier molecular flexibility index (Phi) is 7.13. The number of likely N-dealkylation sites (N-methyl/N-ethyl adjacent to an activating group) is 1. The van der Waals surface area contributed by atoms with Gasteiger partial charge in [0.25, 0.3) is 0 Å². The lowest BCUT2D eigenvalue weighted by molar-refractivity contribution is -0.122. The van der Waals surface area contributed by atoms with Crippen LogP contribution in [0.3, 0.4) is 0 Å². The van der Waals surface area contributed by atoms with Crippen molar-refractivity contribution in [3.8, 4) is 0 Å². The topological polar surface area (TPSA) is 95.6 Å². The van der Waals surface area contributed by atoms with Crippen molar-refractivity contribution in [3.63, 3.8) is 0 Å². The molecule has 0 aromatic heterocycles. The molecule has 0 aliphatic carbocycles. The van der Waals surface area contributed by atoms with Gasteiger partial charge in [-0.25, -0.2) is 8.42 Å². The largest absolute Gasteiger partial charge is 0.350 e. The standard InChI is InChI=1S/C17H27N3O4S/c1-6-15(21)18-13-8-10-14(11-9-13)25(23,24)20(7-2)12-16(22)19-17(3,4)5/h8-11H,6-7,12H2,1-5H3,(H,18,21)(H,19,22). The number of benzene rings is 1. The van der Waals surface area contributed by atoms with Gasteiger partial charge in [0.1, 0.15) is 0 Å². The smallest absolute Gasteiger partial charge is 0.243 e. The van der Waals surface area contributed by atoms with Crippen LogP contribution < -0.4 is 10.6 Å². The Labute approximate surface area is 149 Å². The van der Waals surface area contributed by atoms with Crippen LogP contribution in [0, 0.1) is 0 Å². The zero-order valence-corrected chi connectivity index (χ0v) is 16.2. The molecule has 1 rings (SSSR count). The first-order valence-corrected chi connectivity index (χ1v) is 9.64. The van der Waals surface area contributed by atoms with Crippen LogP contribution in [0.2, 0.25) is 0 Å². The normalized spacial score (nSPS) is 12.1. The van der Waals surface area contributed by atoms with E-state index in [0.29, 0.717) is 12.1 Å². The molecule has 8 heteroatoms. The third kappa shape index (κ3) is 6.47. The molecule has 7 nitrogen and oxygen atoms in total. The van der Waals surface area contributed by atoms with Gasteiger partial charge < -0.3 is 10.6 Å². The molecule has 25 heavy (non-hydrogen) atoms. The fourth-order valence-electron chi connectivity index (χ4n) is 2.09. The lowest BCUT2D eigenvalue weighted by Gasteiger charge is -2.24. The van der Waals surface area contributed by atoms with E-state index in [0.717, 1.165) is 4.31 Å². The van der Waals surface area contributed by atoms with Crippen LogP contribution in [0.15, 0.2) is 29.2 Å². The molecule has 0 aliphatic heterocycles. The highest BCUT2D eigenvalue weighted by molar-refractivity contribution is 7.89. The van der Waals surface area contributed by atoms with Crippen molar-refractivity contribution >= 4 is 27.5 Å². The Bertz CT molecular complexity index is 706. The number of hydrogen-bond acceptors (Lipinski definition) is 4. The molecule has 0 saturated carbocycles. The number of carbonyl (C=O) groups is 2. The van der Waals surface area contributed by atoms with Crippen molar-refractivity contribution in [2.75, 3.05) is 18.4 Å². The van der Waals surface area contributed by atoms with Gasteiger partial charge in [0.15, 0.2) is 0 Å². The Hall–Kier alpha value is -1.93. The van der Waals surface area contributed by atoms with Crippen LogP contribution in [0.1, 0.15) is 41.0 Å². The number of nitrogens with zero attached hydrogens (tertiary/aromatic N) is 1. The maximum atomic E-state index is 12.7. The summed E-state index contributed by atoms with van der Waals surface area (Å²) in [6.07, 6.45) is 0.340. The number of anilines is 1. The zero-order chi connectivity index (χ0) is 19.3. The van der Waals surface area contributed by atoms with Gasteiger partial charge in [-0.1, -0.05) is 13.8 Å². The van der Waals surface area contributed by atoms with E-state index < -0.39 is 15.6 Å². The lowest BCUT2D eigenvalue weighted by atomic mass is 10.1. The van der Waals surface area contributed by atoms with Crippen LogP contribution in [-0.2, 0) is 19.6 Å². The maximum Gasteiger partial charge on any atom is 0.243 e. The summed E-state index contributed by atoms with van der Waals surface area (Å²) < 4.78 is 26.5. The molecule has 140 valence electrons. The number of carbonyl (C=O) groups excluding carboxylic acids is 2. The quantitative estimate of drug-likeness (QED) is 0.768. The van der Waals surface area contributed by atoms with Gasteiger partial charge >= 0.3 is 0 Å². The summed E-state index contributed by atoms with van der Waals surface area (Å²) in [5, 5.41) is 5.41. The predicted molar refractivity (Wildman–Crippen MR) is 97.7 cm³/mol. The molecule has 0 saturated heterocycles. The van der Waals surface area contributed by atoms with Crippen molar-refractivity contribution in [2.45, 2.75) is 51.5 Å². The van der Waals surface area contributed by atoms with E-state index >= 15 is 0 Å². The fourth-order valence-corrected chi connectivity index (χ4v) is 3.50. The van der Waals surface area contributed by atoms with Gasteiger partial charge in [-0.15, -0.1) is 0 Å². The van der Waals surface area contributed by atoms with Gasteiger partial charge in [0.05, 0.1) is 11.4 Å². The average molecular weight is 369 g/mol. The van der Waals surface area contributed by atoms with Crippen LogP contribution in [0.25, 0.3) is 0 Å². The van der Waals surface area contributed by atoms with Crippen LogP contribution in [0.5, 0.6) is 0 Å². The first-order chi connectivity index (χ1) is 11.5. The zero-order valence-electron chi connectivity index (χ0n) is 15.4. The molecule has 0 heterocycles. The second-order valence-corrected chi connectivity index (χ2v) is 8.59. The van der Waals surface area contributed by atoms with Gasteiger partial charge in [0.2, 0.25) is 21.8 Å². The molecule has 1 aromatic rings. The average Bonchev–Trinajstić information content (AvgIpc) is 2.51. The van der Waals surface area contributed by atoms with E-state index in [4.69, 9.17) is 0 Å². The highest BCUT2D eigenvalue weighted by atomic mass is 32.2. The van der Waals surface area contributed by atoms with Crippen LogP contribution >= 0.6 is 0 Å². The minimum atomic E-state index is -3.79. The van der Waals surface area contributed by atoms with E-state index in [9.17, 15) is 18.0 Å². The van der Waals surface area contributed by atoms with Crippen molar-refractivity contribution in [1.29, 1.82) is 0 Å². The van der Waals surface area contributed by atoms with Gasteiger partial charge in [0, 0.05) is 24.2 Å². The molecule has 0 aliphatic rings.